The maximum absolute atomic E-state index is 12.3. The van der Waals surface area contributed by atoms with E-state index in [1.165, 1.54) is 11.8 Å². The molecular weight excluding hydrogens is 348 g/mol. The Morgan fingerprint density at radius 1 is 1.31 bits per heavy atom. The number of aromatic nitrogens is 3. The van der Waals surface area contributed by atoms with Crippen LogP contribution in [0.1, 0.15) is 11.3 Å². The van der Waals surface area contributed by atoms with Crippen LogP contribution in [0.4, 0.5) is 5.69 Å². The molecule has 3 rings (SSSR count). The van der Waals surface area contributed by atoms with Crippen LogP contribution in [0.25, 0.3) is 11.4 Å². The van der Waals surface area contributed by atoms with Crippen LogP contribution in [0.15, 0.2) is 58.8 Å². The molecule has 7 heteroatoms. The van der Waals surface area contributed by atoms with Crippen molar-refractivity contribution in [1.82, 2.24) is 14.8 Å². The number of benzene rings is 1. The molecule has 3 aromatic rings. The molecule has 0 spiro atoms. The number of carbonyl (C=O) groups excluding carboxylic acids is 1. The highest BCUT2D eigenvalue weighted by molar-refractivity contribution is 7.99. The second-order valence-electron chi connectivity index (χ2n) is 5.75. The van der Waals surface area contributed by atoms with Crippen molar-refractivity contribution in [3.8, 4) is 11.4 Å². The summed E-state index contributed by atoms with van der Waals surface area (Å²) in [5.41, 5.74) is 2.73. The first-order chi connectivity index (χ1) is 12.6. The summed E-state index contributed by atoms with van der Waals surface area (Å²) in [5.74, 6) is 1.64. The van der Waals surface area contributed by atoms with Gasteiger partial charge in [0.25, 0.3) is 0 Å². The van der Waals surface area contributed by atoms with E-state index < -0.39 is 0 Å². The highest BCUT2D eigenvalue weighted by atomic mass is 32.2. The van der Waals surface area contributed by atoms with Crippen LogP contribution >= 0.6 is 11.8 Å². The van der Waals surface area contributed by atoms with Crippen LogP contribution in [0.3, 0.4) is 0 Å². The molecular formula is C19H20N4O2S. The zero-order valence-electron chi connectivity index (χ0n) is 14.7. The second-order valence-corrected chi connectivity index (χ2v) is 6.69. The number of anilines is 1. The van der Waals surface area contributed by atoms with E-state index in [2.05, 4.69) is 22.1 Å². The maximum atomic E-state index is 12.3. The minimum atomic E-state index is -0.0847. The minimum Gasteiger partial charge on any atom is -0.469 e. The smallest absolute Gasteiger partial charge is 0.234 e. The predicted octanol–water partition coefficient (Wildman–Crippen LogP) is 4.07. The molecule has 0 saturated heterocycles. The number of thioether (sulfide) groups is 1. The number of furan rings is 1. The predicted molar refractivity (Wildman–Crippen MR) is 103 cm³/mol. The third-order valence-electron chi connectivity index (χ3n) is 3.88. The van der Waals surface area contributed by atoms with Gasteiger partial charge in [-0.05, 0) is 31.5 Å². The normalized spacial score (nSPS) is 10.7. The molecule has 0 saturated carbocycles. The molecule has 0 aliphatic rings. The van der Waals surface area contributed by atoms with Crippen molar-refractivity contribution in [1.29, 1.82) is 0 Å². The van der Waals surface area contributed by atoms with Crippen molar-refractivity contribution in [3.63, 3.8) is 0 Å². The molecule has 0 bridgehead atoms. The fraction of sp³-hybridized carbons (Fsp3) is 0.211. The molecule has 0 aliphatic carbocycles. The topological polar surface area (TPSA) is 73.0 Å². The van der Waals surface area contributed by atoms with E-state index in [-0.39, 0.29) is 11.7 Å². The monoisotopic (exact) mass is 368 g/mol. The van der Waals surface area contributed by atoms with Crippen molar-refractivity contribution < 1.29 is 9.21 Å². The number of amides is 1. The van der Waals surface area contributed by atoms with Gasteiger partial charge in [-0.3, -0.25) is 9.36 Å². The van der Waals surface area contributed by atoms with Gasteiger partial charge >= 0.3 is 0 Å². The third-order valence-corrected chi connectivity index (χ3v) is 4.85. The standard InChI is InChI=1S/C19H20N4O2S/c1-4-10-23-18(15-9-11-25-14(15)3)21-22-19(23)26-12-17(24)20-16-8-6-5-7-13(16)2/h4-9,11H,1,10,12H2,2-3H3,(H,20,24). The molecule has 2 heterocycles. The van der Waals surface area contributed by atoms with Gasteiger partial charge in [-0.1, -0.05) is 36.0 Å². The Bertz CT molecular complexity index is 929. The van der Waals surface area contributed by atoms with Gasteiger partial charge in [0, 0.05) is 12.2 Å². The molecule has 0 atom stereocenters. The fourth-order valence-electron chi connectivity index (χ4n) is 2.53. The summed E-state index contributed by atoms with van der Waals surface area (Å²) in [7, 11) is 0. The van der Waals surface area contributed by atoms with Gasteiger partial charge in [-0.2, -0.15) is 0 Å². The molecule has 26 heavy (non-hydrogen) atoms. The van der Waals surface area contributed by atoms with Gasteiger partial charge in [0.05, 0.1) is 17.6 Å². The van der Waals surface area contributed by atoms with Gasteiger partial charge in [0.1, 0.15) is 5.76 Å². The molecule has 2 aromatic heterocycles. The van der Waals surface area contributed by atoms with Crippen LogP contribution < -0.4 is 5.32 Å². The third kappa shape index (κ3) is 3.88. The van der Waals surface area contributed by atoms with Crippen LogP contribution in [-0.2, 0) is 11.3 Å². The minimum absolute atomic E-state index is 0.0847. The first-order valence-corrected chi connectivity index (χ1v) is 9.15. The first kappa shape index (κ1) is 18.0. The van der Waals surface area contributed by atoms with Crippen LogP contribution in [-0.4, -0.2) is 26.4 Å². The number of aryl methyl sites for hydroxylation is 2. The number of nitrogens with one attached hydrogen (secondary N) is 1. The average molecular weight is 368 g/mol. The van der Waals surface area contributed by atoms with E-state index in [9.17, 15) is 4.79 Å². The number of para-hydroxylation sites is 1. The lowest BCUT2D eigenvalue weighted by molar-refractivity contribution is -0.113. The van der Waals surface area contributed by atoms with Crippen molar-refractivity contribution in [3.05, 3.63) is 60.6 Å². The lowest BCUT2D eigenvalue weighted by Crippen LogP contribution is -2.15. The van der Waals surface area contributed by atoms with Gasteiger partial charge in [0.2, 0.25) is 5.91 Å². The highest BCUT2D eigenvalue weighted by Crippen LogP contribution is 2.27. The van der Waals surface area contributed by atoms with Crippen molar-refractivity contribution in [2.24, 2.45) is 0 Å². The van der Waals surface area contributed by atoms with Gasteiger partial charge in [0.15, 0.2) is 11.0 Å². The highest BCUT2D eigenvalue weighted by Gasteiger charge is 2.17. The van der Waals surface area contributed by atoms with Crippen molar-refractivity contribution in [2.45, 2.75) is 25.5 Å². The van der Waals surface area contributed by atoms with E-state index in [4.69, 9.17) is 4.42 Å². The van der Waals surface area contributed by atoms with E-state index >= 15 is 0 Å². The van der Waals surface area contributed by atoms with Gasteiger partial charge < -0.3 is 9.73 Å². The lowest BCUT2D eigenvalue weighted by Gasteiger charge is -2.09. The molecule has 1 amide bonds. The quantitative estimate of drug-likeness (QED) is 0.503. The Hall–Kier alpha value is -2.80. The van der Waals surface area contributed by atoms with E-state index in [1.807, 2.05) is 48.7 Å². The van der Waals surface area contributed by atoms with Crippen molar-refractivity contribution >= 4 is 23.4 Å². The molecule has 0 unspecified atom stereocenters. The zero-order chi connectivity index (χ0) is 18.5. The Balaban J connectivity index is 1.73. The van der Waals surface area contributed by atoms with E-state index in [1.54, 1.807) is 12.3 Å². The molecule has 1 aromatic carbocycles. The maximum Gasteiger partial charge on any atom is 0.234 e. The SMILES string of the molecule is C=CCn1c(SCC(=O)Nc2ccccc2C)nnc1-c1ccoc1C. The number of allylic oxidation sites excluding steroid dienone is 1. The van der Waals surface area contributed by atoms with Gasteiger partial charge in [-0.25, -0.2) is 0 Å². The lowest BCUT2D eigenvalue weighted by atomic mass is 10.2. The number of hydrogen-bond acceptors (Lipinski definition) is 5. The van der Waals surface area contributed by atoms with Crippen LogP contribution in [0.2, 0.25) is 0 Å². The fourth-order valence-corrected chi connectivity index (χ4v) is 3.28. The summed E-state index contributed by atoms with van der Waals surface area (Å²) in [5, 5.41) is 12.1. The van der Waals surface area contributed by atoms with Crippen molar-refractivity contribution in [2.75, 3.05) is 11.1 Å². The molecule has 0 fully saturated rings. The Labute approximate surface area is 156 Å². The molecule has 1 N–H and O–H groups in total. The molecule has 0 radical (unpaired) electrons. The summed E-state index contributed by atoms with van der Waals surface area (Å²) >= 11 is 1.34. The summed E-state index contributed by atoms with van der Waals surface area (Å²) in [6, 6.07) is 9.55. The number of nitrogens with zero attached hydrogens (tertiary/aromatic N) is 3. The van der Waals surface area contributed by atoms with Gasteiger partial charge in [-0.15, -0.1) is 16.8 Å². The largest absolute Gasteiger partial charge is 0.469 e. The Morgan fingerprint density at radius 2 is 2.12 bits per heavy atom. The summed E-state index contributed by atoms with van der Waals surface area (Å²) < 4.78 is 7.29. The summed E-state index contributed by atoms with van der Waals surface area (Å²) in [4.78, 5) is 12.3. The Morgan fingerprint density at radius 3 is 2.81 bits per heavy atom. The molecule has 6 nitrogen and oxygen atoms in total. The van der Waals surface area contributed by atoms with Crippen LogP contribution in [0.5, 0.6) is 0 Å². The first-order valence-electron chi connectivity index (χ1n) is 8.17. The molecule has 0 aliphatic heterocycles. The summed E-state index contributed by atoms with van der Waals surface area (Å²) in [6.45, 7) is 8.19. The number of rotatable bonds is 7. The zero-order valence-corrected chi connectivity index (χ0v) is 15.5. The number of hydrogen-bond donors (Lipinski definition) is 1. The van der Waals surface area contributed by atoms with Crippen LogP contribution in [0, 0.1) is 13.8 Å². The number of carbonyl (C=O) groups is 1. The molecule has 134 valence electrons. The average Bonchev–Trinajstić information content (AvgIpc) is 3.21. The van der Waals surface area contributed by atoms with E-state index in [0.29, 0.717) is 17.5 Å². The summed E-state index contributed by atoms with van der Waals surface area (Å²) in [6.07, 6.45) is 3.40. The van der Waals surface area contributed by atoms with E-state index in [0.717, 1.165) is 22.6 Å². The second kappa shape index (κ2) is 8.05. The Kier molecular flexibility index (Phi) is 5.58.